The van der Waals surface area contributed by atoms with Gasteiger partial charge in [0.1, 0.15) is 16.7 Å². The van der Waals surface area contributed by atoms with Crippen molar-refractivity contribution in [3.8, 4) is 11.5 Å². The number of nitrogens with zero attached hydrogens (tertiary/aromatic N) is 8. The van der Waals surface area contributed by atoms with Crippen molar-refractivity contribution in [3.05, 3.63) is 24.7 Å². The van der Waals surface area contributed by atoms with Crippen LogP contribution in [-0.2, 0) is 0 Å². The average Bonchev–Trinajstić information content (AvgIpc) is 2.62. The van der Waals surface area contributed by atoms with E-state index in [0.29, 0.717) is 28.5 Å². The monoisotopic (exact) mass is 295 g/mol. The summed E-state index contributed by atoms with van der Waals surface area (Å²) in [5, 5.41) is 14.5. The Morgan fingerprint density at radius 2 is 1.91 bits per heavy atom. The number of hydrogen-bond acceptors (Lipinski definition) is 9. The number of rotatable bonds is 2. The molecule has 9 heteroatoms. The lowest BCUT2D eigenvalue weighted by atomic mass is 10.3. The van der Waals surface area contributed by atoms with Gasteiger partial charge in [-0.1, -0.05) is 0 Å². The largest absolute Gasteiger partial charge is 0.338 e. The Morgan fingerprint density at radius 1 is 1.00 bits per heavy atom. The zero-order valence-corrected chi connectivity index (χ0v) is 11.7. The normalized spacial score (nSPS) is 15.2. The van der Waals surface area contributed by atoms with E-state index < -0.39 is 0 Å². The lowest BCUT2D eigenvalue weighted by molar-refractivity contribution is 0.580. The molecule has 0 bridgehead atoms. The summed E-state index contributed by atoms with van der Waals surface area (Å²) in [5.74, 6) is 1.23. The van der Waals surface area contributed by atoms with Crippen LogP contribution in [0, 0.1) is 0 Å². The molecule has 0 unspecified atom stereocenters. The molecule has 4 heterocycles. The van der Waals surface area contributed by atoms with E-state index in [1.807, 2.05) is 0 Å². The summed E-state index contributed by atoms with van der Waals surface area (Å²) >= 11 is 0. The quantitative estimate of drug-likeness (QED) is 0.680. The minimum atomic E-state index is 0.529. The van der Waals surface area contributed by atoms with E-state index >= 15 is 0 Å². The van der Waals surface area contributed by atoms with Crippen molar-refractivity contribution in [1.29, 1.82) is 0 Å². The Bertz CT molecular complexity index is 800. The Labute approximate surface area is 125 Å². The molecule has 1 aliphatic heterocycles. The van der Waals surface area contributed by atoms with Gasteiger partial charge in [-0.3, -0.25) is 0 Å². The molecule has 1 N–H and O–H groups in total. The lowest BCUT2D eigenvalue weighted by Crippen LogP contribution is -2.44. The number of fused-ring (bicyclic) bond motifs is 1. The highest BCUT2D eigenvalue weighted by Gasteiger charge is 2.14. The molecule has 0 atom stereocenters. The van der Waals surface area contributed by atoms with Gasteiger partial charge in [0.15, 0.2) is 5.82 Å². The number of nitrogens with one attached hydrogen (secondary N) is 1. The zero-order valence-electron chi connectivity index (χ0n) is 11.7. The first-order valence-electron chi connectivity index (χ1n) is 7.00. The maximum atomic E-state index is 4.58. The van der Waals surface area contributed by atoms with Crippen molar-refractivity contribution >= 4 is 17.0 Å². The van der Waals surface area contributed by atoms with E-state index in [-0.39, 0.29) is 0 Å². The molecular weight excluding hydrogens is 282 g/mol. The summed E-state index contributed by atoms with van der Waals surface area (Å²) < 4.78 is 0. The summed E-state index contributed by atoms with van der Waals surface area (Å²) in [7, 11) is 0. The summed E-state index contributed by atoms with van der Waals surface area (Å²) in [4.78, 5) is 19.8. The SMILES string of the molecule is c1cc(-c2ncc3nnncc3n2)nc(N2CCNCC2)n1. The van der Waals surface area contributed by atoms with Crippen molar-refractivity contribution in [2.24, 2.45) is 0 Å². The van der Waals surface area contributed by atoms with Crippen LogP contribution in [-0.4, -0.2) is 61.5 Å². The molecule has 4 rings (SSSR count). The number of piperazine rings is 1. The fourth-order valence-electron chi connectivity index (χ4n) is 2.33. The van der Waals surface area contributed by atoms with Crippen LogP contribution in [0.2, 0.25) is 0 Å². The Hall–Kier alpha value is -2.81. The Kier molecular flexibility index (Phi) is 3.24. The first-order chi connectivity index (χ1) is 10.9. The minimum absolute atomic E-state index is 0.529. The van der Waals surface area contributed by atoms with E-state index in [1.54, 1.807) is 24.7 Å². The Morgan fingerprint density at radius 3 is 2.82 bits per heavy atom. The predicted molar refractivity (Wildman–Crippen MR) is 79.0 cm³/mol. The molecule has 0 aromatic carbocycles. The molecule has 9 nitrogen and oxygen atoms in total. The molecule has 3 aromatic heterocycles. The molecule has 0 aliphatic carbocycles. The van der Waals surface area contributed by atoms with Gasteiger partial charge in [-0.05, 0) is 11.3 Å². The molecule has 1 aliphatic rings. The van der Waals surface area contributed by atoms with E-state index in [2.05, 4.69) is 45.6 Å². The molecule has 1 saturated heterocycles. The molecule has 0 radical (unpaired) electrons. The third-order valence-electron chi connectivity index (χ3n) is 3.45. The third kappa shape index (κ3) is 2.42. The van der Waals surface area contributed by atoms with Gasteiger partial charge in [0.05, 0.1) is 12.4 Å². The van der Waals surface area contributed by atoms with E-state index in [0.717, 1.165) is 26.2 Å². The van der Waals surface area contributed by atoms with Gasteiger partial charge in [-0.15, -0.1) is 10.2 Å². The van der Waals surface area contributed by atoms with Crippen LogP contribution in [0.25, 0.3) is 22.6 Å². The maximum Gasteiger partial charge on any atom is 0.226 e. The highest BCUT2D eigenvalue weighted by Crippen LogP contribution is 2.17. The van der Waals surface area contributed by atoms with Gasteiger partial charge in [0.25, 0.3) is 0 Å². The standard InChI is InChI=1S/C13H13N9/c1-2-15-13(22-5-3-14-4-6-22)19-9(1)12-16-7-11-10(18-12)8-17-21-20-11/h1-2,7-8,14H,3-6H2. The smallest absolute Gasteiger partial charge is 0.226 e. The number of hydrogen-bond donors (Lipinski definition) is 1. The molecule has 3 aromatic rings. The highest BCUT2D eigenvalue weighted by atomic mass is 15.3. The maximum absolute atomic E-state index is 4.58. The average molecular weight is 295 g/mol. The number of aromatic nitrogens is 7. The summed E-state index contributed by atoms with van der Waals surface area (Å²) in [6, 6.07) is 1.80. The van der Waals surface area contributed by atoms with Gasteiger partial charge >= 0.3 is 0 Å². The van der Waals surface area contributed by atoms with Crippen LogP contribution in [0.4, 0.5) is 5.95 Å². The van der Waals surface area contributed by atoms with Crippen molar-refractivity contribution < 1.29 is 0 Å². The summed E-state index contributed by atoms with van der Waals surface area (Å²) in [6.07, 6.45) is 4.92. The fourth-order valence-corrected chi connectivity index (χ4v) is 2.33. The highest BCUT2D eigenvalue weighted by molar-refractivity contribution is 5.73. The van der Waals surface area contributed by atoms with E-state index in [9.17, 15) is 0 Å². The molecule has 0 amide bonds. The first kappa shape index (κ1) is 12.9. The van der Waals surface area contributed by atoms with Crippen LogP contribution in [0.15, 0.2) is 24.7 Å². The number of anilines is 1. The molecule has 0 saturated carbocycles. The van der Waals surface area contributed by atoms with Crippen LogP contribution >= 0.6 is 0 Å². The topological polar surface area (TPSA) is 106 Å². The van der Waals surface area contributed by atoms with Crippen molar-refractivity contribution in [1.82, 2.24) is 40.7 Å². The second kappa shape index (κ2) is 5.53. The van der Waals surface area contributed by atoms with Gasteiger partial charge in [0, 0.05) is 32.4 Å². The van der Waals surface area contributed by atoms with Crippen molar-refractivity contribution in [2.75, 3.05) is 31.1 Å². The van der Waals surface area contributed by atoms with Crippen LogP contribution in [0.5, 0.6) is 0 Å². The molecule has 110 valence electrons. The molecule has 22 heavy (non-hydrogen) atoms. The second-order valence-electron chi connectivity index (χ2n) is 4.88. The first-order valence-corrected chi connectivity index (χ1v) is 7.00. The van der Waals surface area contributed by atoms with Crippen molar-refractivity contribution in [3.63, 3.8) is 0 Å². The third-order valence-corrected chi connectivity index (χ3v) is 3.45. The van der Waals surface area contributed by atoms with Gasteiger partial charge in [0.2, 0.25) is 5.95 Å². The van der Waals surface area contributed by atoms with Crippen molar-refractivity contribution in [2.45, 2.75) is 0 Å². The lowest BCUT2D eigenvalue weighted by Gasteiger charge is -2.27. The van der Waals surface area contributed by atoms with E-state index in [1.165, 1.54) is 0 Å². The van der Waals surface area contributed by atoms with Crippen LogP contribution < -0.4 is 10.2 Å². The predicted octanol–water partition coefficient (Wildman–Crippen LogP) is -0.319. The van der Waals surface area contributed by atoms with Gasteiger partial charge < -0.3 is 10.2 Å². The minimum Gasteiger partial charge on any atom is -0.338 e. The van der Waals surface area contributed by atoms with Crippen LogP contribution in [0.1, 0.15) is 0 Å². The summed E-state index contributed by atoms with van der Waals surface area (Å²) in [6.45, 7) is 3.65. The fraction of sp³-hybridized carbons (Fsp3) is 0.308. The van der Waals surface area contributed by atoms with Crippen LogP contribution in [0.3, 0.4) is 0 Å². The van der Waals surface area contributed by atoms with E-state index in [4.69, 9.17) is 0 Å². The Balaban J connectivity index is 1.71. The summed E-state index contributed by atoms with van der Waals surface area (Å²) in [5.41, 5.74) is 1.93. The molecular formula is C13H13N9. The zero-order chi connectivity index (χ0) is 14.8. The molecule has 1 fully saturated rings. The van der Waals surface area contributed by atoms with Gasteiger partial charge in [-0.2, -0.15) is 0 Å². The second-order valence-corrected chi connectivity index (χ2v) is 4.88. The molecule has 0 spiro atoms. The van der Waals surface area contributed by atoms with Gasteiger partial charge in [-0.25, -0.2) is 19.9 Å².